The van der Waals surface area contributed by atoms with Crippen LogP contribution in [0.25, 0.3) is 6.08 Å². The Hall–Kier alpha value is -2.30. The smallest absolute Gasteiger partial charge is 0.328 e. The van der Waals surface area contributed by atoms with Gasteiger partial charge < -0.3 is 14.9 Å². The molecule has 0 heterocycles. The van der Waals surface area contributed by atoms with Gasteiger partial charge in [0.2, 0.25) is 0 Å². The number of hydrogen-bond acceptors (Lipinski definition) is 3. The molecule has 5 heteroatoms. The van der Waals surface area contributed by atoms with E-state index in [0.717, 1.165) is 11.6 Å². The first-order valence-corrected chi connectivity index (χ1v) is 5.68. The molecule has 5 nitrogen and oxygen atoms in total. The van der Waals surface area contributed by atoms with Crippen molar-refractivity contribution in [2.24, 2.45) is 5.41 Å². The molecule has 1 aromatic carbocycles. The first-order chi connectivity index (χ1) is 8.81. The van der Waals surface area contributed by atoms with Crippen molar-refractivity contribution in [2.75, 3.05) is 6.61 Å². The molecule has 102 valence electrons. The summed E-state index contributed by atoms with van der Waals surface area (Å²) in [6, 6.07) is 6.73. The molecule has 0 radical (unpaired) electrons. The number of aliphatic carboxylic acids is 2. The largest absolute Gasteiger partial charge is 0.492 e. The number of ether oxygens (including phenoxy) is 1. The van der Waals surface area contributed by atoms with Gasteiger partial charge in [-0.3, -0.25) is 4.79 Å². The van der Waals surface area contributed by atoms with Crippen LogP contribution in [0.4, 0.5) is 0 Å². The molecule has 0 saturated carbocycles. The van der Waals surface area contributed by atoms with E-state index < -0.39 is 17.4 Å². The van der Waals surface area contributed by atoms with Gasteiger partial charge in [-0.1, -0.05) is 12.1 Å². The summed E-state index contributed by atoms with van der Waals surface area (Å²) in [4.78, 5) is 21.2. The van der Waals surface area contributed by atoms with Gasteiger partial charge in [0.05, 0.1) is 5.41 Å². The number of carboxylic acids is 2. The van der Waals surface area contributed by atoms with Crippen LogP contribution in [0, 0.1) is 5.41 Å². The average Bonchev–Trinajstić information content (AvgIpc) is 2.35. The highest BCUT2D eigenvalue weighted by Crippen LogP contribution is 2.19. The minimum Gasteiger partial charge on any atom is -0.492 e. The van der Waals surface area contributed by atoms with E-state index in [9.17, 15) is 9.59 Å². The van der Waals surface area contributed by atoms with Crippen molar-refractivity contribution >= 4 is 18.0 Å². The summed E-state index contributed by atoms with van der Waals surface area (Å²) in [6.45, 7) is 3.23. The Morgan fingerprint density at radius 2 is 1.79 bits per heavy atom. The molecule has 2 N–H and O–H groups in total. The maximum atomic E-state index is 10.9. The molecular weight excluding hydrogens is 248 g/mol. The van der Waals surface area contributed by atoms with Crippen molar-refractivity contribution in [1.29, 1.82) is 0 Å². The number of rotatable bonds is 6. The summed E-state index contributed by atoms with van der Waals surface area (Å²) >= 11 is 0. The number of carbonyl (C=O) groups is 2. The van der Waals surface area contributed by atoms with Gasteiger partial charge >= 0.3 is 11.9 Å². The molecule has 0 saturated heterocycles. The Labute approximate surface area is 111 Å². The maximum Gasteiger partial charge on any atom is 0.328 e. The highest BCUT2D eigenvalue weighted by molar-refractivity contribution is 5.85. The second-order valence-corrected chi connectivity index (χ2v) is 4.72. The molecular formula is C14H16O5. The molecule has 19 heavy (non-hydrogen) atoms. The van der Waals surface area contributed by atoms with Gasteiger partial charge in [0, 0.05) is 6.08 Å². The average molecular weight is 264 g/mol. The van der Waals surface area contributed by atoms with Crippen molar-refractivity contribution in [3.63, 3.8) is 0 Å². The number of carboxylic acid groups (broad SMARTS) is 2. The third kappa shape index (κ3) is 4.83. The molecule has 0 amide bonds. The molecule has 0 bridgehead atoms. The minimum absolute atomic E-state index is 0.0621. The van der Waals surface area contributed by atoms with Gasteiger partial charge in [-0.2, -0.15) is 0 Å². The summed E-state index contributed by atoms with van der Waals surface area (Å²) in [5, 5.41) is 17.4. The van der Waals surface area contributed by atoms with E-state index in [1.807, 2.05) is 0 Å². The quantitative estimate of drug-likeness (QED) is 0.770. The van der Waals surface area contributed by atoms with E-state index in [-0.39, 0.29) is 6.61 Å². The summed E-state index contributed by atoms with van der Waals surface area (Å²) in [7, 11) is 0. The van der Waals surface area contributed by atoms with Crippen LogP contribution in [-0.4, -0.2) is 28.8 Å². The van der Waals surface area contributed by atoms with Crippen LogP contribution >= 0.6 is 0 Å². The number of benzene rings is 1. The Morgan fingerprint density at radius 1 is 1.21 bits per heavy atom. The molecule has 1 rings (SSSR count). The third-order valence-corrected chi connectivity index (χ3v) is 2.48. The van der Waals surface area contributed by atoms with E-state index in [2.05, 4.69) is 0 Å². The van der Waals surface area contributed by atoms with Gasteiger partial charge in [0.25, 0.3) is 0 Å². The van der Waals surface area contributed by atoms with E-state index in [1.54, 1.807) is 38.1 Å². The van der Waals surface area contributed by atoms with E-state index >= 15 is 0 Å². The predicted molar refractivity (Wildman–Crippen MR) is 70.0 cm³/mol. The summed E-state index contributed by atoms with van der Waals surface area (Å²) in [6.07, 6.45) is 2.51. The zero-order valence-electron chi connectivity index (χ0n) is 10.8. The molecule has 1 aromatic rings. The maximum absolute atomic E-state index is 10.9. The van der Waals surface area contributed by atoms with Crippen LogP contribution in [-0.2, 0) is 9.59 Å². The van der Waals surface area contributed by atoms with Gasteiger partial charge in [0.1, 0.15) is 12.4 Å². The Bertz CT molecular complexity index is 485. The fourth-order valence-corrected chi connectivity index (χ4v) is 1.17. The van der Waals surface area contributed by atoms with Gasteiger partial charge in [-0.05, 0) is 37.6 Å². The van der Waals surface area contributed by atoms with E-state index in [1.165, 1.54) is 6.08 Å². The normalized spacial score (nSPS) is 11.5. The SMILES string of the molecule is CC(C)(COc1ccc(C=CC(=O)O)cc1)C(=O)O. The topological polar surface area (TPSA) is 83.8 Å². The van der Waals surface area contributed by atoms with Crippen LogP contribution in [0.15, 0.2) is 30.3 Å². The minimum atomic E-state index is -1.01. The molecule has 0 aliphatic rings. The lowest BCUT2D eigenvalue weighted by atomic mass is 9.95. The lowest BCUT2D eigenvalue weighted by molar-refractivity contribution is -0.148. The highest BCUT2D eigenvalue weighted by atomic mass is 16.5. The first kappa shape index (κ1) is 14.8. The molecule has 0 unspecified atom stereocenters. The molecule has 0 aliphatic carbocycles. The second-order valence-electron chi connectivity index (χ2n) is 4.72. The Morgan fingerprint density at radius 3 is 2.26 bits per heavy atom. The van der Waals surface area contributed by atoms with E-state index in [0.29, 0.717) is 5.75 Å². The van der Waals surface area contributed by atoms with Gasteiger partial charge in [-0.25, -0.2) is 4.79 Å². The highest BCUT2D eigenvalue weighted by Gasteiger charge is 2.28. The second kappa shape index (κ2) is 6.04. The summed E-state index contributed by atoms with van der Waals surface area (Å²) in [5.41, 5.74) is -0.228. The van der Waals surface area contributed by atoms with Crippen LogP contribution in [0.3, 0.4) is 0 Å². The monoisotopic (exact) mass is 264 g/mol. The summed E-state index contributed by atoms with van der Waals surface area (Å²) in [5.74, 6) is -1.39. The number of hydrogen-bond donors (Lipinski definition) is 2. The van der Waals surface area contributed by atoms with Gasteiger partial charge in [-0.15, -0.1) is 0 Å². The van der Waals surface area contributed by atoms with Crippen molar-refractivity contribution in [1.82, 2.24) is 0 Å². The van der Waals surface area contributed by atoms with Gasteiger partial charge in [0.15, 0.2) is 0 Å². The fourth-order valence-electron chi connectivity index (χ4n) is 1.17. The summed E-state index contributed by atoms with van der Waals surface area (Å²) < 4.78 is 5.39. The first-order valence-electron chi connectivity index (χ1n) is 5.68. The van der Waals surface area contributed by atoms with Crippen LogP contribution in [0.1, 0.15) is 19.4 Å². The van der Waals surface area contributed by atoms with Crippen molar-refractivity contribution in [2.45, 2.75) is 13.8 Å². The predicted octanol–water partition coefficient (Wildman–Crippen LogP) is 2.27. The van der Waals surface area contributed by atoms with Crippen LogP contribution < -0.4 is 4.74 Å². The lowest BCUT2D eigenvalue weighted by Crippen LogP contribution is -2.30. The lowest BCUT2D eigenvalue weighted by Gasteiger charge is -2.19. The zero-order valence-corrected chi connectivity index (χ0v) is 10.8. The fraction of sp³-hybridized carbons (Fsp3) is 0.286. The Balaban J connectivity index is 2.63. The standard InChI is InChI=1S/C14H16O5/c1-14(2,13(17)18)9-19-11-6-3-10(4-7-11)5-8-12(15)16/h3-8H,9H2,1-2H3,(H,15,16)(H,17,18). The van der Waals surface area contributed by atoms with E-state index in [4.69, 9.17) is 14.9 Å². The third-order valence-electron chi connectivity index (χ3n) is 2.48. The molecule has 0 atom stereocenters. The Kier molecular flexibility index (Phi) is 4.69. The van der Waals surface area contributed by atoms with Crippen LogP contribution in [0.2, 0.25) is 0 Å². The molecule has 0 aromatic heterocycles. The van der Waals surface area contributed by atoms with Crippen molar-refractivity contribution < 1.29 is 24.5 Å². The zero-order chi connectivity index (χ0) is 14.5. The van der Waals surface area contributed by atoms with Crippen LogP contribution in [0.5, 0.6) is 5.75 Å². The molecule has 0 aliphatic heterocycles. The molecule has 0 fully saturated rings. The van der Waals surface area contributed by atoms with Crippen molar-refractivity contribution in [3.8, 4) is 5.75 Å². The van der Waals surface area contributed by atoms with Crippen molar-refractivity contribution in [3.05, 3.63) is 35.9 Å². The molecule has 0 spiro atoms.